The van der Waals surface area contributed by atoms with E-state index in [0.29, 0.717) is 21.9 Å². The second-order valence-corrected chi connectivity index (χ2v) is 11.6. The first-order chi connectivity index (χ1) is 12.8. The van der Waals surface area contributed by atoms with Crippen LogP contribution in [-0.2, 0) is 25.8 Å². The zero-order valence-electron chi connectivity index (χ0n) is 16.5. The van der Waals surface area contributed by atoms with Crippen LogP contribution in [-0.4, -0.2) is 35.0 Å². The van der Waals surface area contributed by atoms with E-state index >= 15 is 0 Å². The number of aryl methyl sites for hydroxylation is 1. The number of carbonyl (C=O) groups is 1. The van der Waals surface area contributed by atoms with Gasteiger partial charge in [-0.25, -0.2) is 8.42 Å². The SMILES string of the molecule is CC[S+](C1CCCCC1)C1CCCCC1=O.Cc1ccc(S(=O)(=O)[O-])cc1. The molecule has 0 heterocycles. The van der Waals surface area contributed by atoms with E-state index in [1.807, 2.05) is 6.92 Å². The van der Waals surface area contributed by atoms with Gasteiger partial charge in [0.1, 0.15) is 21.1 Å². The molecule has 0 aliphatic heterocycles. The Kier molecular flexibility index (Phi) is 8.83. The fourth-order valence-electron chi connectivity index (χ4n) is 4.01. The lowest BCUT2D eigenvalue weighted by Crippen LogP contribution is -2.41. The third kappa shape index (κ3) is 6.91. The largest absolute Gasteiger partial charge is 0.744 e. The molecule has 27 heavy (non-hydrogen) atoms. The van der Waals surface area contributed by atoms with Gasteiger partial charge in [0.15, 0.2) is 11.0 Å². The van der Waals surface area contributed by atoms with Gasteiger partial charge in [0, 0.05) is 23.7 Å². The van der Waals surface area contributed by atoms with Gasteiger partial charge in [-0.3, -0.25) is 4.79 Å². The molecule has 152 valence electrons. The molecular weight excluding hydrogens is 380 g/mol. The average molecular weight is 413 g/mol. The number of carbonyl (C=O) groups excluding carboxylic acids is 1. The Morgan fingerprint density at radius 1 is 1.00 bits per heavy atom. The summed E-state index contributed by atoms with van der Waals surface area (Å²) in [6, 6.07) is 5.78. The van der Waals surface area contributed by atoms with E-state index in [9.17, 15) is 17.8 Å². The van der Waals surface area contributed by atoms with Gasteiger partial charge in [0.2, 0.25) is 0 Å². The van der Waals surface area contributed by atoms with E-state index < -0.39 is 10.1 Å². The van der Waals surface area contributed by atoms with Crippen LogP contribution in [0.25, 0.3) is 0 Å². The van der Waals surface area contributed by atoms with Crippen molar-refractivity contribution in [2.75, 3.05) is 5.75 Å². The molecule has 2 saturated carbocycles. The van der Waals surface area contributed by atoms with Crippen LogP contribution in [0.3, 0.4) is 0 Å². The van der Waals surface area contributed by atoms with Gasteiger partial charge >= 0.3 is 0 Å². The predicted molar refractivity (Wildman–Crippen MR) is 111 cm³/mol. The molecule has 2 aliphatic carbocycles. The molecule has 2 aliphatic rings. The number of benzene rings is 1. The van der Waals surface area contributed by atoms with Gasteiger partial charge in [-0.1, -0.05) is 24.1 Å². The summed E-state index contributed by atoms with van der Waals surface area (Å²) < 4.78 is 31.2. The molecule has 6 heteroatoms. The topological polar surface area (TPSA) is 74.3 Å². The number of ketones is 1. The van der Waals surface area contributed by atoms with Gasteiger partial charge in [-0.15, -0.1) is 0 Å². The molecule has 0 saturated heterocycles. The summed E-state index contributed by atoms with van der Waals surface area (Å²) >= 11 is 0. The van der Waals surface area contributed by atoms with E-state index in [4.69, 9.17) is 0 Å². The summed E-state index contributed by atoms with van der Waals surface area (Å²) in [7, 11) is -3.85. The Labute approximate surface area is 167 Å². The van der Waals surface area contributed by atoms with Crippen LogP contribution in [0.4, 0.5) is 0 Å². The quantitative estimate of drug-likeness (QED) is 0.544. The van der Waals surface area contributed by atoms with E-state index in [2.05, 4.69) is 6.92 Å². The van der Waals surface area contributed by atoms with Crippen LogP contribution in [0.5, 0.6) is 0 Å². The predicted octanol–water partition coefficient (Wildman–Crippen LogP) is 4.37. The monoisotopic (exact) mass is 412 g/mol. The summed E-state index contributed by atoms with van der Waals surface area (Å²) in [5.74, 6) is 1.85. The molecular formula is C21H32O4S2. The number of rotatable bonds is 4. The molecule has 0 radical (unpaired) electrons. The van der Waals surface area contributed by atoms with E-state index in [1.54, 1.807) is 12.1 Å². The minimum absolute atomic E-state index is 0.178. The van der Waals surface area contributed by atoms with Gasteiger partial charge < -0.3 is 4.55 Å². The maximum absolute atomic E-state index is 12.0. The summed E-state index contributed by atoms with van der Waals surface area (Å²) in [6.45, 7) is 4.13. The highest BCUT2D eigenvalue weighted by Gasteiger charge is 2.42. The number of hydrogen-bond acceptors (Lipinski definition) is 4. The Balaban J connectivity index is 0.000000208. The Hall–Kier alpha value is -0.850. The summed E-state index contributed by atoms with van der Waals surface area (Å²) in [5, 5.41) is 1.35. The maximum atomic E-state index is 12.0. The molecule has 0 bridgehead atoms. The van der Waals surface area contributed by atoms with Gasteiger partial charge in [-0.05, 0) is 64.5 Å². The van der Waals surface area contributed by atoms with Crippen LogP contribution in [0, 0.1) is 6.92 Å². The van der Waals surface area contributed by atoms with Gasteiger partial charge in [0.05, 0.1) is 4.90 Å². The molecule has 2 fully saturated rings. The maximum Gasteiger partial charge on any atom is 0.184 e. The highest BCUT2D eigenvalue weighted by Crippen LogP contribution is 2.32. The van der Waals surface area contributed by atoms with Crippen molar-refractivity contribution in [3.8, 4) is 0 Å². The lowest BCUT2D eigenvalue weighted by molar-refractivity contribution is -0.119. The average Bonchev–Trinajstić information content (AvgIpc) is 2.65. The van der Waals surface area contributed by atoms with Gasteiger partial charge in [-0.2, -0.15) is 0 Å². The summed E-state index contributed by atoms with van der Waals surface area (Å²) in [6.07, 6.45) is 11.6. The van der Waals surface area contributed by atoms with Crippen molar-refractivity contribution in [2.45, 2.75) is 87.0 Å². The highest BCUT2D eigenvalue weighted by molar-refractivity contribution is 7.98. The molecule has 4 nitrogen and oxygen atoms in total. The standard InChI is InChI=1S/C14H25OS.C7H8O3S/c1-2-16(12-8-4-3-5-9-12)14-11-7-6-10-13(14)15;1-6-2-4-7(5-3-6)11(8,9)10/h12,14H,2-11H2,1H3;2-5H,1H3,(H,8,9,10)/q+1;/p-1. The van der Waals surface area contributed by atoms with Crippen molar-refractivity contribution in [1.82, 2.24) is 0 Å². The number of Topliss-reactive ketones (excluding diaryl/α,β-unsaturated/α-hetero) is 1. The van der Waals surface area contributed by atoms with Crippen molar-refractivity contribution in [2.24, 2.45) is 0 Å². The third-order valence-corrected chi connectivity index (χ3v) is 9.56. The third-order valence-electron chi connectivity index (χ3n) is 5.49. The molecule has 1 aromatic rings. The fourth-order valence-corrected chi connectivity index (χ4v) is 7.68. The minimum Gasteiger partial charge on any atom is -0.744 e. The Morgan fingerprint density at radius 2 is 1.59 bits per heavy atom. The van der Waals surface area contributed by atoms with E-state index in [1.165, 1.54) is 62.8 Å². The zero-order valence-corrected chi connectivity index (χ0v) is 18.1. The number of hydrogen-bond donors (Lipinski definition) is 0. The molecule has 1 aromatic carbocycles. The summed E-state index contributed by atoms with van der Waals surface area (Å²) in [4.78, 5) is 11.9. The zero-order chi connectivity index (χ0) is 19.9. The second kappa shape index (κ2) is 10.6. The smallest absolute Gasteiger partial charge is 0.184 e. The molecule has 0 amide bonds. The van der Waals surface area contributed by atoms with Crippen LogP contribution >= 0.6 is 0 Å². The first-order valence-corrected chi connectivity index (χ1v) is 13.0. The van der Waals surface area contributed by atoms with Crippen LogP contribution in [0.2, 0.25) is 0 Å². The van der Waals surface area contributed by atoms with Crippen LogP contribution in [0.15, 0.2) is 29.2 Å². The van der Waals surface area contributed by atoms with Crippen molar-refractivity contribution in [3.05, 3.63) is 29.8 Å². The molecule has 0 N–H and O–H groups in total. The highest BCUT2D eigenvalue weighted by atomic mass is 32.2. The molecule has 0 aromatic heterocycles. The van der Waals surface area contributed by atoms with Crippen molar-refractivity contribution < 1.29 is 17.8 Å². The first-order valence-electron chi connectivity index (χ1n) is 10.1. The Morgan fingerprint density at radius 3 is 2.11 bits per heavy atom. The van der Waals surface area contributed by atoms with E-state index in [-0.39, 0.29) is 4.90 Å². The molecule has 2 atom stereocenters. The first kappa shape index (κ1) is 22.4. The normalized spacial score (nSPS) is 22.6. The molecule has 0 spiro atoms. The fraction of sp³-hybridized carbons (Fsp3) is 0.667. The van der Waals surface area contributed by atoms with Crippen molar-refractivity contribution in [1.29, 1.82) is 0 Å². The van der Waals surface area contributed by atoms with Crippen molar-refractivity contribution in [3.63, 3.8) is 0 Å². The summed E-state index contributed by atoms with van der Waals surface area (Å²) in [5.41, 5.74) is 0.928. The van der Waals surface area contributed by atoms with Crippen molar-refractivity contribution >= 4 is 26.8 Å². The molecule has 2 unspecified atom stereocenters. The lowest BCUT2D eigenvalue weighted by Gasteiger charge is -2.29. The van der Waals surface area contributed by atoms with E-state index in [0.717, 1.165) is 23.7 Å². The molecule has 3 rings (SSSR count). The minimum atomic E-state index is -4.27. The van der Waals surface area contributed by atoms with Gasteiger partial charge in [0.25, 0.3) is 0 Å². The van der Waals surface area contributed by atoms with Crippen LogP contribution < -0.4 is 0 Å². The van der Waals surface area contributed by atoms with Crippen LogP contribution in [0.1, 0.15) is 70.3 Å². The lowest BCUT2D eigenvalue weighted by atomic mass is 9.99. The second-order valence-electron chi connectivity index (χ2n) is 7.49. The Bertz CT molecular complexity index is 691.